The summed E-state index contributed by atoms with van der Waals surface area (Å²) in [5.41, 5.74) is -0.172. The molecule has 0 amide bonds. The van der Waals surface area contributed by atoms with Crippen LogP contribution < -0.4 is 5.32 Å². The second kappa shape index (κ2) is 5.43. The summed E-state index contributed by atoms with van der Waals surface area (Å²) >= 11 is 2.16. The van der Waals surface area contributed by atoms with E-state index in [-0.39, 0.29) is 5.54 Å². The molecular weight excluding hydrogens is 240 g/mol. The number of nitriles is 1. The van der Waals surface area contributed by atoms with E-state index in [9.17, 15) is 5.26 Å². The summed E-state index contributed by atoms with van der Waals surface area (Å²) in [6, 6.07) is 3.24. The molecule has 0 aromatic heterocycles. The lowest BCUT2D eigenvalue weighted by atomic mass is 10.00. The Morgan fingerprint density at radius 1 is 1.17 bits per heavy atom. The van der Waals surface area contributed by atoms with Gasteiger partial charge in [0.05, 0.1) is 6.07 Å². The van der Waals surface area contributed by atoms with Crippen molar-refractivity contribution >= 4 is 11.8 Å². The first-order valence-corrected chi connectivity index (χ1v) is 8.65. The molecule has 2 unspecified atom stereocenters. The number of thioether (sulfide) groups is 1. The highest BCUT2D eigenvalue weighted by atomic mass is 32.2. The highest BCUT2D eigenvalue weighted by Crippen LogP contribution is 2.40. The largest absolute Gasteiger partial charge is 0.297 e. The molecule has 3 fully saturated rings. The van der Waals surface area contributed by atoms with Crippen LogP contribution in [0.2, 0.25) is 0 Å². The second-order valence-corrected chi connectivity index (χ2v) is 7.79. The summed E-state index contributed by atoms with van der Waals surface area (Å²) < 4.78 is 0. The predicted molar refractivity (Wildman–Crippen MR) is 76.6 cm³/mol. The van der Waals surface area contributed by atoms with Crippen molar-refractivity contribution in [3.63, 3.8) is 0 Å². The first kappa shape index (κ1) is 12.8. The summed E-state index contributed by atoms with van der Waals surface area (Å²) in [4.78, 5) is 0. The first-order chi connectivity index (χ1) is 8.80. The maximum atomic E-state index is 9.47. The van der Waals surface area contributed by atoms with E-state index >= 15 is 0 Å². The maximum Gasteiger partial charge on any atom is 0.108 e. The molecule has 3 aliphatic rings. The monoisotopic (exact) mass is 264 g/mol. The summed E-state index contributed by atoms with van der Waals surface area (Å²) in [6.07, 6.45) is 11.7. The van der Waals surface area contributed by atoms with E-state index < -0.39 is 0 Å². The Kier molecular flexibility index (Phi) is 3.86. The van der Waals surface area contributed by atoms with E-state index in [0.717, 1.165) is 24.0 Å². The van der Waals surface area contributed by atoms with E-state index in [1.165, 1.54) is 50.7 Å². The van der Waals surface area contributed by atoms with E-state index in [1.54, 1.807) is 0 Å². The van der Waals surface area contributed by atoms with Crippen molar-refractivity contribution < 1.29 is 0 Å². The number of nitrogens with zero attached hydrogens (tertiary/aromatic N) is 1. The van der Waals surface area contributed by atoms with Gasteiger partial charge in [0.15, 0.2) is 0 Å². The first-order valence-electron chi connectivity index (χ1n) is 7.60. The Hall–Kier alpha value is -0.200. The SMILES string of the molecule is N#CC1(NC2CC2)CCC(SCC2CCCC2)C1. The molecule has 3 saturated carbocycles. The van der Waals surface area contributed by atoms with Crippen molar-refractivity contribution in [3.05, 3.63) is 0 Å². The Balaban J connectivity index is 1.45. The molecule has 0 aliphatic heterocycles. The molecule has 0 aromatic carbocycles. The third kappa shape index (κ3) is 3.03. The van der Waals surface area contributed by atoms with Gasteiger partial charge in [-0.2, -0.15) is 17.0 Å². The molecule has 100 valence electrons. The molecule has 0 radical (unpaired) electrons. The number of rotatable bonds is 5. The molecule has 1 N–H and O–H groups in total. The number of hydrogen-bond donors (Lipinski definition) is 1. The fourth-order valence-corrected chi connectivity index (χ4v) is 5.04. The standard InChI is InChI=1S/C15H24N2S/c16-11-15(17-13-5-6-13)8-7-14(9-15)18-10-12-3-1-2-4-12/h12-14,17H,1-10H2. The van der Waals surface area contributed by atoms with Crippen molar-refractivity contribution in [3.8, 4) is 6.07 Å². The predicted octanol–water partition coefficient (Wildman–Crippen LogP) is 3.48. The Morgan fingerprint density at radius 3 is 2.61 bits per heavy atom. The molecule has 0 aromatic rings. The average molecular weight is 264 g/mol. The van der Waals surface area contributed by atoms with Crippen LogP contribution in [-0.2, 0) is 0 Å². The number of nitrogens with one attached hydrogen (secondary N) is 1. The van der Waals surface area contributed by atoms with Crippen LogP contribution in [0.3, 0.4) is 0 Å². The zero-order valence-corrected chi connectivity index (χ0v) is 12.0. The molecule has 2 nitrogen and oxygen atoms in total. The van der Waals surface area contributed by atoms with Crippen LogP contribution in [0, 0.1) is 17.2 Å². The molecule has 0 saturated heterocycles. The van der Waals surface area contributed by atoms with Crippen LogP contribution in [0.5, 0.6) is 0 Å². The molecule has 3 aliphatic carbocycles. The van der Waals surface area contributed by atoms with E-state index in [2.05, 4.69) is 23.1 Å². The lowest BCUT2D eigenvalue weighted by Gasteiger charge is -2.22. The average Bonchev–Trinajstić information content (AvgIpc) is 2.91. The van der Waals surface area contributed by atoms with Crippen LogP contribution in [0.15, 0.2) is 0 Å². The minimum absolute atomic E-state index is 0.172. The van der Waals surface area contributed by atoms with Gasteiger partial charge in [-0.3, -0.25) is 5.32 Å². The molecular formula is C15H24N2S. The Morgan fingerprint density at radius 2 is 1.94 bits per heavy atom. The fraction of sp³-hybridized carbons (Fsp3) is 0.933. The molecule has 0 spiro atoms. The second-order valence-electron chi connectivity index (χ2n) is 6.46. The molecule has 0 bridgehead atoms. The summed E-state index contributed by atoms with van der Waals surface area (Å²) in [7, 11) is 0. The summed E-state index contributed by atoms with van der Waals surface area (Å²) in [5, 5.41) is 13.8. The maximum absolute atomic E-state index is 9.47. The van der Waals surface area contributed by atoms with Gasteiger partial charge in [0.25, 0.3) is 0 Å². The molecule has 3 rings (SSSR count). The van der Waals surface area contributed by atoms with Crippen LogP contribution in [0.1, 0.15) is 57.8 Å². The Bertz CT molecular complexity index is 328. The van der Waals surface area contributed by atoms with Crippen LogP contribution in [0.4, 0.5) is 0 Å². The van der Waals surface area contributed by atoms with Crippen molar-refractivity contribution in [1.82, 2.24) is 5.32 Å². The zero-order chi connectivity index (χ0) is 12.4. The van der Waals surface area contributed by atoms with Gasteiger partial charge in [-0.15, -0.1) is 0 Å². The van der Waals surface area contributed by atoms with Crippen molar-refractivity contribution in [2.75, 3.05) is 5.75 Å². The summed E-state index contributed by atoms with van der Waals surface area (Å²) in [6.45, 7) is 0. The van der Waals surface area contributed by atoms with E-state index in [1.807, 2.05) is 0 Å². The third-order valence-electron chi connectivity index (χ3n) is 4.78. The van der Waals surface area contributed by atoms with Crippen molar-refractivity contribution in [2.45, 2.75) is 74.6 Å². The van der Waals surface area contributed by atoms with Crippen LogP contribution in [0.25, 0.3) is 0 Å². The summed E-state index contributed by atoms with van der Waals surface area (Å²) in [5.74, 6) is 2.32. The fourth-order valence-electron chi connectivity index (χ4n) is 3.47. The Labute approximate surface area is 115 Å². The van der Waals surface area contributed by atoms with Gasteiger partial charge in [0.2, 0.25) is 0 Å². The highest BCUT2D eigenvalue weighted by Gasteiger charge is 2.42. The van der Waals surface area contributed by atoms with Gasteiger partial charge < -0.3 is 0 Å². The topological polar surface area (TPSA) is 35.8 Å². The zero-order valence-electron chi connectivity index (χ0n) is 11.2. The molecule has 3 heteroatoms. The lowest BCUT2D eigenvalue weighted by Crippen LogP contribution is -2.43. The normalized spacial score (nSPS) is 36.9. The molecule has 2 atom stereocenters. The lowest BCUT2D eigenvalue weighted by molar-refractivity contribution is 0.420. The van der Waals surface area contributed by atoms with Crippen molar-refractivity contribution in [1.29, 1.82) is 5.26 Å². The highest BCUT2D eigenvalue weighted by molar-refractivity contribution is 7.99. The number of hydrogen-bond acceptors (Lipinski definition) is 3. The third-order valence-corrected chi connectivity index (χ3v) is 6.32. The smallest absolute Gasteiger partial charge is 0.108 e. The van der Waals surface area contributed by atoms with Gasteiger partial charge in [-0.1, -0.05) is 12.8 Å². The van der Waals surface area contributed by atoms with Crippen molar-refractivity contribution in [2.24, 2.45) is 5.92 Å². The van der Waals surface area contributed by atoms with E-state index in [0.29, 0.717) is 6.04 Å². The van der Waals surface area contributed by atoms with Crippen LogP contribution in [-0.4, -0.2) is 22.6 Å². The van der Waals surface area contributed by atoms with Crippen LogP contribution >= 0.6 is 11.8 Å². The van der Waals surface area contributed by atoms with Gasteiger partial charge in [0.1, 0.15) is 5.54 Å². The van der Waals surface area contributed by atoms with E-state index in [4.69, 9.17) is 0 Å². The molecule has 0 heterocycles. The minimum atomic E-state index is -0.172. The van der Waals surface area contributed by atoms with Gasteiger partial charge in [-0.25, -0.2) is 0 Å². The quantitative estimate of drug-likeness (QED) is 0.826. The minimum Gasteiger partial charge on any atom is -0.297 e. The molecule has 18 heavy (non-hydrogen) atoms. The van der Waals surface area contributed by atoms with Gasteiger partial charge in [-0.05, 0) is 56.6 Å². The van der Waals surface area contributed by atoms with Gasteiger partial charge >= 0.3 is 0 Å². The van der Waals surface area contributed by atoms with Gasteiger partial charge in [0, 0.05) is 11.3 Å².